The van der Waals surface area contributed by atoms with E-state index >= 15 is 0 Å². The van der Waals surface area contributed by atoms with Crippen LogP contribution < -0.4 is 10.1 Å². The van der Waals surface area contributed by atoms with Crippen molar-refractivity contribution in [1.29, 1.82) is 0 Å². The maximum Gasteiger partial charge on any atom is 0.257 e. The number of rotatable bonds is 1. The van der Waals surface area contributed by atoms with Gasteiger partial charge in [0.15, 0.2) is 0 Å². The first-order valence-electron chi connectivity index (χ1n) is 9.56. The zero-order chi connectivity index (χ0) is 19.0. The molecule has 7 nitrogen and oxygen atoms in total. The van der Waals surface area contributed by atoms with Crippen molar-refractivity contribution in [2.75, 3.05) is 33.2 Å². The predicted octanol–water partition coefficient (Wildman–Crippen LogP) is 1.04. The van der Waals surface area contributed by atoms with Crippen molar-refractivity contribution in [3.05, 3.63) is 29.8 Å². The van der Waals surface area contributed by atoms with E-state index in [0.717, 1.165) is 12.8 Å². The van der Waals surface area contributed by atoms with Gasteiger partial charge in [-0.2, -0.15) is 0 Å². The van der Waals surface area contributed by atoms with E-state index in [1.165, 1.54) is 0 Å². The second-order valence-corrected chi connectivity index (χ2v) is 7.83. The van der Waals surface area contributed by atoms with E-state index in [9.17, 15) is 14.4 Å². The standard InChI is InChI=1S/C20H25N3O4/c1-22-13-20(27-16-5-3-2-4-15(16)19(22)26)8-6-14(7-9-20)18(25)23-11-10-21-17(24)12-23/h2-5,14H,6-13H2,1H3,(H,21,24). The molecule has 2 aliphatic heterocycles. The lowest BCUT2D eigenvalue weighted by atomic mass is 9.77. The van der Waals surface area contributed by atoms with Crippen LogP contribution in [-0.2, 0) is 9.59 Å². The molecule has 4 rings (SSSR count). The monoisotopic (exact) mass is 371 g/mol. The number of fused-ring (bicyclic) bond motifs is 1. The van der Waals surface area contributed by atoms with Crippen LogP contribution in [0.3, 0.4) is 0 Å². The number of piperazine rings is 1. The third kappa shape index (κ3) is 3.38. The molecule has 1 aliphatic carbocycles. The van der Waals surface area contributed by atoms with Crippen molar-refractivity contribution >= 4 is 17.7 Å². The smallest absolute Gasteiger partial charge is 0.257 e. The molecule has 0 unspecified atom stereocenters. The molecule has 1 spiro atoms. The third-order valence-corrected chi connectivity index (χ3v) is 5.91. The van der Waals surface area contributed by atoms with E-state index < -0.39 is 5.60 Å². The highest BCUT2D eigenvalue weighted by Gasteiger charge is 2.44. The fourth-order valence-corrected chi connectivity index (χ4v) is 4.44. The third-order valence-electron chi connectivity index (χ3n) is 5.91. The van der Waals surface area contributed by atoms with E-state index in [1.54, 1.807) is 22.9 Å². The molecule has 3 amide bonds. The van der Waals surface area contributed by atoms with Gasteiger partial charge in [-0.15, -0.1) is 0 Å². The van der Waals surface area contributed by atoms with Crippen molar-refractivity contribution in [2.45, 2.75) is 31.3 Å². The minimum atomic E-state index is -0.451. The van der Waals surface area contributed by atoms with Crippen molar-refractivity contribution in [3.63, 3.8) is 0 Å². The average Bonchev–Trinajstić information content (AvgIpc) is 2.77. The van der Waals surface area contributed by atoms with Crippen LogP contribution in [0.15, 0.2) is 24.3 Å². The van der Waals surface area contributed by atoms with Gasteiger partial charge in [0.25, 0.3) is 5.91 Å². The van der Waals surface area contributed by atoms with Gasteiger partial charge >= 0.3 is 0 Å². The summed E-state index contributed by atoms with van der Waals surface area (Å²) in [4.78, 5) is 40.4. The molecule has 2 fully saturated rings. The highest BCUT2D eigenvalue weighted by atomic mass is 16.5. The Morgan fingerprint density at radius 1 is 1.22 bits per heavy atom. The zero-order valence-corrected chi connectivity index (χ0v) is 15.6. The molecule has 0 aromatic heterocycles. The summed E-state index contributed by atoms with van der Waals surface area (Å²) in [5.74, 6) is 0.498. The van der Waals surface area contributed by atoms with Gasteiger partial charge in [0.05, 0.1) is 18.7 Å². The number of amides is 3. The Morgan fingerprint density at radius 2 is 1.96 bits per heavy atom. The lowest BCUT2D eigenvalue weighted by Crippen LogP contribution is -2.53. The van der Waals surface area contributed by atoms with Crippen LogP contribution in [0.25, 0.3) is 0 Å². The Balaban J connectivity index is 1.47. The number of likely N-dealkylation sites (N-methyl/N-ethyl adjacent to an activating group) is 1. The van der Waals surface area contributed by atoms with Crippen molar-refractivity contribution in [1.82, 2.24) is 15.1 Å². The number of carbonyl (C=O) groups excluding carboxylic acids is 3. The molecule has 0 bridgehead atoms. The highest BCUT2D eigenvalue weighted by Crippen LogP contribution is 2.40. The second-order valence-electron chi connectivity index (χ2n) is 7.83. The number of nitrogens with one attached hydrogen (secondary N) is 1. The molecule has 2 heterocycles. The number of hydrogen-bond donors (Lipinski definition) is 1. The number of para-hydroxylation sites is 1. The normalized spacial score (nSPS) is 28.3. The van der Waals surface area contributed by atoms with Gasteiger partial charge in [-0.25, -0.2) is 0 Å². The summed E-state index contributed by atoms with van der Waals surface area (Å²) in [6.07, 6.45) is 2.85. The maximum absolute atomic E-state index is 12.8. The van der Waals surface area contributed by atoms with Crippen LogP contribution in [0.5, 0.6) is 5.75 Å². The minimum Gasteiger partial charge on any atom is -0.485 e. The molecule has 1 N–H and O–H groups in total. The largest absolute Gasteiger partial charge is 0.485 e. The van der Waals surface area contributed by atoms with Crippen molar-refractivity contribution in [3.8, 4) is 5.75 Å². The topological polar surface area (TPSA) is 79.0 Å². The first kappa shape index (κ1) is 17.8. The Labute approximate surface area is 158 Å². The van der Waals surface area contributed by atoms with Crippen LogP contribution in [0, 0.1) is 5.92 Å². The van der Waals surface area contributed by atoms with E-state index in [1.807, 2.05) is 18.2 Å². The molecular formula is C20H25N3O4. The Hall–Kier alpha value is -2.57. The van der Waals surface area contributed by atoms with Crippen molar-refractivity contribution < 1.29 is 19.1 Å². The van der Waals surface area contributed by atoms with E-state index in [4.69, 9.17) is 4.74 Å². The molecule has 1 saturated carbocycles. The van der Waals surface area contributed by atoms with E-state index in [0.29, 0.717) is 43.8 Å². The first-order chi connectivity index (χ1) is 13.0. The maximum atomic E-state index is 12.8. The van der Waals surface area contributed by atoms with Gasteiger partial charge in [-0.05, 0) is 37.8 Å². The summed E-state index contributed by atoms with van der Waals surface area (Å²) < 4.78 is 6.37. The number of benzene rings is 1. The van der Waals surface area contributed by atoms with Gasteiger partial charge in [0.1, 0.15) is 11.4 Å². The van der Waals surface area contributed by atoms with E-state index in [-0.39, 0.29) is 30.2 Å². The van der Waals surface area contributed by atoms with Crippen LogP contribution >= 0.6 is 0 Å². The molecule has 1 aromatic carbocycles. The van der Waals surface area contributed by atoms with Gasteiger partial charge in [0.2, 0.25) is 11.8 Å². The van der Waals surface area contributed by atoms with Crippen molar-refractivity contribution in [2.24, 2.45) is 5.92 Å². The summed E-state index contributed by atoms with van der Waals surface area (Å²) in [7, 11) is 1.80. The van der Waals surface area contributed by atoms with Gasteiger partial charge < -0.3 is 19.9 Å². The van der Waals surface area contributed by atoms with Crippen LogP contribution in [0.2, 0.25) is 0 Å². The minimum absolute atomic E-state index is 0.0278. The van der Waals surface area contributed by atoms with Gasteiger partial charge in [-0.1, -0.05) is 12.1 Å². The quantitative estimate of drug-likeness (QED) is 0.800. The number of ether oxygens (including phenoxy) is 1. The molecule has 7 heteroatoms. The van der Waals surface area contributed by atoms with E-state index in [2.05, 4.69) is 5.32 Å². The second kappa shape index (κ2) is 6.87. The summed E-state index contributed by atoms with van der Waals surface area (Å²) in [6, 6.07) is 7.36. The molecular weight excluding hydrogens is 346 g/mol. The predicted molar refractivity (Wildman–Crippen MR) is 98.3 cm³/mol. The molecule has 0 atom stereocenters. The first-order valence-corrected chi connectivity index (χ1v) is 9.56. The van der Waals surface area contributed by atoms with Gasteiger partial charge in [0, 0.05) is 26.1 Å². The Kier molecular flexibility index (Phi) is 4.53. The summed E-state index contributed by atoms with van der Waals surface area (Å²) in [5, 5.41) is 2.75. The highest BCUT2D eigenvalue weighted by molar-refractivity contribution is 5.97. The molecule has 144 valence electrons. The Morgan fingerprint density at radius 3 is 2.70 bits per heavy atom. The number of hydrogen-bond acceptors (Lipinski definition) is 4. The summed E-state index contributed by atoms with van der Waals surface area (Å²) in [5.41, 5.74) is 0.141. The molecule has 27 heavy (non-hydrogen) atoms. The fraction of sp³-hybridized carbons (Fsp3) is 0.550. The molecule has 1 aromatic rings. The van der Waals surface area contributed by atoms with Crippen LogP contribution in [0.1, 0.15) is 36.0 Å². The fourth-order valence-electron chi connectivity index (χ4n) is 4.44. The average molecular weight is 371 g/mol. The molecule has 0 radical (unpaired) electrons. The molecule has 3 aliphatic rings. The lowest BCUT2D eigenvalue weighted by Gasteiger charge is -2.41. The molecule has 1 saturated heterocycles. The lowest BCUT2D eigenvalue weighted by molar-refractivity contribution is -0.143. The van der Waals surface area contributed by atoms with Crippen LogP contribution in [0.4, 0.5) is 0 Å². The summed E-state index contributed by atoms with van der Waals surface area (Å²) in [6.45, 7) is 1.77. The number of carbonyl (C=O) groups is 3. The summed E-state index contributed by atoms with van der Waals surface area (Å²) >= 11 is 0. The van der Waals surface area contributed by atoms with Gasteiger partial charge in [-0.3, -0.25) is 14.4 Å². The number of nitrogens with zero attached hydrogens (tertiary/aromatic N) is 2. The Bertz CT molecular complexity index is 770. The zero-order valence-electron chi connectivity index (χ0n) is 15.6. The SMILES string of the molecule is CN1CC2(CCC(C(=O)N3CCNC(=O)C3)CC2)Oc2ccccc2C1=O. The van der Waals surface area contributed by atoms with Crippen LogP contribution in [-0.4, -0.2) is 66.3 Å².